The van der Waals surface area contributed by atoms with Gasteiger partial charge in [-0.3, -0.25) is 0 Å². The maximum Gasteiger partial charge on any atom is 0.115 e. The third-order valence-corrected chi connectivity index (χ3v) is 3.80. The van der Waals surface area contributed by atoms with Crippen molar-refractivity contribution in [3.8, 4) is 5.75 Å². The predicted molar refractivity (Wildman–Crippen MR) is 77.3 cm³/mol. The number of phenolic OH excluding ortho intramolecular Hbond substituents is 1. The molecule has 1 aliphatic rings. The molecular weight excluding hydrogens is 238 g/mol. The summed E-state index contributed by atoms with van der Waals surface area (Å²) < 4.78 is 0. The van der Waals surface area contributed by atoms with Crippen LogP contribution in [0.2, 0.25) is 0 Å². The summed E-state index contributed by atoms with van der Waals surface area (Å²) in [5.41, 5.74) is 0.292. The van der Waals surface area contributed by atoms with Crippen LogP contribution in [0.5, 0.6) is 5.75 Å². The van der Waals surface area contributed by atoms with Crippen LogP contribution in [0.1, 0.15) is 30.7 Å². The van der Waals surface area contributed by atoms with Gasteiger partial charge in [-0.2, -0.15) is 0 Å². The Morgan fingerprint density at radius 1 is 1.26 bits per heavy atom. The molecule has 0 radical (unpaired) electrons. The Bertz CT molecular complexity index is 439. The molecule has 1 aromatic carbocycles. The minimum Gasteiger partial charge on any atom is -0.508 e. The zero-order valence-electron chi connectivity index (χ0n) is 11.7. The van der Waals surface area contributed by atoms with Crippen molar-refractivity contribution in [2.45, 2.75) is 30.8 Å². The van der Waals surface area contributed by atoms with Gasteiger partial charge in [-0.05, 0) is 51.1 Å². The quantitative estimate of drug-likeness (QED) is 0.819. The molecule has 0 saturated carbocycles. The van der Waals surface area contributed by atoms with Crippen LogP contribution in [-0.2, 0) is 0 Å². The minimum absolute atomic E-state index is 0.0275. The number of nitrogens with zero attached hydrogens (tertiary/aromatic N) is 1. The molecule has 0 amide bonds. The lowest BCUT2D eigenvalue weighted by atomic mass is 9.76. The summed E-state index contributed by atoms with van der Waals surface area (Å²) in [5.74, 6) is 0.290. The van der Waals surface area contributed by atoms with Crippen molar-refractivity contribution in [2.75, 3.05) is 20.6 Å². The molecule has 2 N–H and O–H groups in total. The van der Waals surface area contributed by atoms with Gasteiger partial charge in [0.05, 0.1) is 5.60 Å². The van der Waals surface area contributed by atoms with E-state index in [9.17, 15) is 10.2 Å². The van der Waals surface area contributed by atoms with E-state index < -0.39 is 5.60 Å². The van der Waals surface area contributed by atoms with E-state index in [4.69, 9.17) is 0 Å². The van der Waals surface area contributed by atoms with E-state index in [1.807, 2.05) is 32.3 Å². The molecule has 1 aromatic rings. The molecule has 0 heterocycles. The van der Waals surface area contributed by atoms with Gasteiger partial charge in [0, 0.05) is 12.5 Å². The number of aromatic hydroxyl groups is 1. The van der Waals surface area contributed by atoms with Gasteiger partial charge in [-0.15, -0.1) is 0 Å². The molecule has 19 heavy (non-hydrogen) atoms. The zero-order chi connectivity index (χ0) is 13.9. The average Bonchev–Trinajstić information content (AvgIpc) is 2.38. The summed E-state index contributed by atoms with van der Waals surface area (Å²) in [6, 6.07) is 7.19. The molecule has 0 saturated heterocycles. The predicted octanol–water partition coefficient (Wildman–Crippen LogP) is 2.51. The molecule has 3 nitrogen and oxygen atoms in total. The Labute approximate surface area is 115 Å². The van der Waals surface area contributed by atoms with E-state index in [0.717, 1.165) is 31.4 Å². The topological polar surface area (TPSA) is 43.7 Å². The van der Waals surface area contributed by atoms with E-state index in [-0.39, 0.29) is 11.7 Å². The minimum atomic E-state index is -0.778. The maximum atomic E-state index is 10.9. The first-order chi connectivity index (χ1) is 9.01. The van der Waals surface area contributed by atoms with Crippen molar-refractivity contribution in [1.29, 1.82) is 0 Å². The monoisotopic (exact) mass is 261 g/mol. The number of rotatable bonds is 4. The summed E-state index contributed by atoms with van der Waals surface area (Å²) in [7, 11) is 4.03. The number of hydrogen-bond acceptors (Lipinski definition) is 3. The van der Waals surface area contributed by atoms with Gasteiger partial charge < -0.3 is 15.1 Å². The van der Waals surface area contributed by atoms with Gasteiger partial charge in [0.1, 0.15) is 5.75 Å². The van der Waals surface area contributed by atoms with Crippen LogP contribution in [-0.4, -0.2) is 41.4 Å². The molecule has 1 unspecified atom stereocenters. The highest BCUT2D eigenvalue weighted by molar-refractivity contribution is 5.32. The SMILES string of the molecule is CN(C)CC(c1ccc(O)cc1)[C@]1(O)C=CCCC1. The first kappa shape index (κ1) is 14.1. The van der Waals surface area contributed by atoms with Crippen LogP contribution < -0.4 is 0 Å². The number of benzene rings is 1. The number of aliphatic hydroxyl groups is 1. The second-order valence-electron chi connectivity index (χ2n) is 5.69. The Morgan fingerprint density at radius 3 is 2.47 bits per heavy atom. The summed E-state index contributed by atoms with van der Waals surface area (Å²) in [6.07, 6.45) is 6.90. The average molecular weight is 261 g/mol. The summed E-state index contributed by atoms with van der Waals surface area (Å²) in [5, 5.41) is 20.3. The van der Waals surface area contributed by atoms with Crippen LogP contribution in [0.25, 0.3) is 0 Å². The van der Waals surface area contributed by atoms with Crippen LogP contribution in [0, 0.1) is 0 Å². The van der Waals surface area contributed by atoms with Crippen molar-refractivity contribution < 1.29 is 10.2 Å². The van der Waals surface area contributed by atoms with Crippen LogP contribution in [0.15, 0.2) is 36.4 Å². The maximum absolute atomic E-state index is 10.9. The van der Waals surface area contributed by atoms with Gasteiger partial charge in [0.15, 0.2) is 0 Å². The van der Waals surface area contributed by atoms with E-state index in [1.165, 1.54) is 0 Å². The fourth-order valence-electron chi connectivity index (χ4n) is 2.79. The summed E-state index contributed by atoms with van der Waals surface area (Å²) in [6.45, 7) is 0.783. The van der Waals surface area contributed by atoms with Gasteiger partial charge in [0.2, 0.25) is 0 Å². The molecule has 3 heteroatoms. The molecule has 104 valence electrons. The van der Waals surface area contributed by atoms with E-state index >= 15 is 0 Å². The molecule has 0 aliphatic heterocycles. The van der Waals surface area contributed by atoms with Gasteiger partial charge >= 0.3 is 0 Å². The second kappa shape index (κ2) is 5.76. The fraction of sp³-hybridized carbons (Fsp3) is 0.500. The number of likely N-dealkylation sites (N-methyl/N-ethyl adjacent to an activating group) is 1. The van der Waals surface area contributed by atoms with Crippen molar-refractivity contribution >= 4 is 0 Å². The van der Waals surface area contributed by atoms with Crippen LogP contribution in [0.3, 0.4) is 0 Å². The van der Waals surface area contributed by atoms with Crippen LogP contribution >= 0.6 is 0 Å². The lowest BCUT2D eigenvalue weighted by molar-refractivity contribution is 0.0363. The molecule has 1 aliphatic carbocycles. The van der Waals surface area contributed by atoms with Gasteiger partial charge in [-0.25, -0.2) is 0 Å². The molecule has 0 bridgehead atoms. The first-order valence-electron chi connectivity index (χ1n) is 6.85. The van der Waals surface area contributed by atoms with Crippen molar-refractivity contribution in [2.24, 2.45) is 0 Å². The third-order valence-electron chi connectivity index (χ3n) is 3.80. The first-order valence-corrected chi connectivity index (χ1v) is 6.85. The van der Waals surface area contributed by atoms with Crippen molar-refractivity contribution in [3.63, 3.8) is 0 Å². The Kier molecular flexibility index (Phi) is 4.27. The fourth-order valence-corrected chi connectivity index (χ4v) is 2.79. The molecule has 0 spiro atoms. The highest BCUT2D eigenvalue weighted by atomic mass is 16.3. The van der Waals surface area contributed by atoms with E-state index in [1.54, 1.807) is 12.1 Å². The zero-order valence-corrected chi connectivity index (χ0v) is 11.7. The number of allylic oxidation sites excluding steroid dienone is 1. The van der Waals surface area contributed by atoms with Crippen LogP contribution in [0.4, 0.5) is 0 Å². The Hall–Kier alpha value is -1.32. The molecule has 0 fully saturated rings. The highest BCUT2D eigenvalue weighted by Gasteiger charge is 2.36. The van der Waals surface area contributed by atoms with Gasteiger partial charge in [0.25, 0.3) is 0 Å². The Morgan fingerprint density at radius 2 is 1.95 bits per heavy atom. The van der Waals surface area contributed by atoms with Crippen molar-refractivity contribution in [1.82, 2.24) is 4.90 Å². The number of hydrogen-bond donors (Lipinski definition) is 2. The van der Waals surface area contributed by atoms with Crippen molar-refractivity contribution in [3.05, 3.63) is 42.0 Å². The van der Waals surface area contributed by atoms with Gasteiger partial charge in [-0.1, -0.05) is 24.3 Å². The molecule has 0 aromatic heterocycles. The summed E-state index contributed by atoms with van der Waals surface area (Å²) >= 11 is 0. The smallest absolute Gasteiger partial charge is 0.115 e. The second-order valence-corrected chi connectivity index (χ2v) is 5.69. The lowest BCUT2D eigenvalue weighted by Gasteiger charge is -2.37. The highest BCUT2D eigenvalue weighted by Crippen LogP contribution is 2.37. The number of phenols is 1. The van der Waals surface area contributed by atoms with E-state index in [2.05, 4.69) is 11.0 Å². The third kappa shape index (κ3) is 3.37. The van der Waals surface area contributed by atoms with E-state index in [0.29, 0.717) is 0 Å². The standard InChI is InChI=1S/C16H23NO2/c1-17(2)12-15(13-6-8-14(18)9-7-13)16(19)10-4-3-5-11-16/h4,6-10,15,18-19H,3,5,11-12H2,1-2H3/t15?,16-/m0/s1. The summed E-state index contributed by atoms with van der Waals surface area (Å²) in [4.78, 5) is 2.10. The lowest BCUT2D eigenvalue weighted by Crippen LogP contribution is -2.40. The normalized spacial score (nSPS) is 24.6. The largest absolute Gasteiger partial charge is 0.508 e. The molecular formula is C16H23NO2. The molecule has 2 atom stereocenters. The molecule has 2 rings (SSSR count). The Balaban J connectivity index is 2.32.